The van der Waals surface area contributed by atoms with E-state index in [2.05, 4.69) is 4.98 Å². The Morgan fingerprint density at radius 2 is 2.07 bits per heavy atom. The predicted molar refractivity (Wildman–Crippen MR) is 55.5 cm³/mol. The fraction of sp³-hybridized carbons (Fsp3) is 0.500. The number of aromatic nitrogens is 1. The van der Waals surface area contributed by atoms with Gasteiger partial charge in [-0.05, 0) is 30.4 Å². The van der Waals surface area contributed by atoms with Crippen LogP contribution < -0.4 is 0 Å². The molecule has 0 aromatic carbocycles. The lowest BCUT2D eigenvalue weighted by Crippen LogP contribution is -2.07. The highest BCUT2D eigenvalue weighted by Crippen LogP contribution is 2.33. The van der Waals surface area contributed by atoms with Crippen LogP contribution in [0.1, 0.15) is 53.9 Å². The second-order valence-corrected chi connectivity index (χ2v) is 3.96. The van der Waals surface area contributed by atoms with E-state index in [1.54, 1.807) is 12.4 Å². The van der Waals surface area contributed by atoms with Crippen molar-refractivity contribution in [1.29, 1.82) is 0 Å². The summed E-state index contributed by atoms with van der Waals surface area (Å²) < 4.78 is 0. The average Bonchev–Trinajstić information content (AvgIpc) is 2.30. The summed E-state index contributed by atoms with van der Waals surface area (Å²) in [6, 6.07) is 2.00. The summed E-state index contributed by atoms with van der Waals surface area (Å²) in [6.07, 6.45) is 10.8. The maximum Gasteiger partial charge on any atom is 0.151 e. The van der Waals surface area contributed by atoms with Crippen LogP contribution in [-0.2, 0) is 0 Å². The molecule has 0 N–H and O–H groups in total. The van der Waals surface area contributed by atoms with Gasteiger partial charge in [-0.3, -0.25) is 9.78 Å². The van der Waals surface area contributed by atoms with Crippen molar-refractivity contribution in [2.24, 2.45) is 0 Å². The van der Waals surface area contributed by atoms with Gasteiger partial charge in [0.25, 0.3) is 0 Å². The van der Waals surface area contributed by atoms with E-state index in [1.165, 1.54) is 37.7 Å². The zero-order valence-electron chi connectivity index (χ0n) is 8.28. The van der Waals surface area contributed by atoms with Crippen molar-refractivity contribution in [2.45, 2.75) is 38.0 Å². The molecule has 0 atom stereocenters. The SMILES string of the molecule is O=Cc1cnccc1C1CCCCC1. The standard InChI is InChI=1S/C12H15NO/c14-9-11-8-13-7-6-12(11)10-4-2-1-3-5-10/h6-10H,1-5H2. The van der Waals surface area contributed by atoms with Gasteiger partial charge in [0, 0.05) is 18.0 Å². The Hall–Kier alpha value is -1.18. The molecule has 2 heteroatoms. The Morgan fingerprint density at radius 3 is 2.79 bits per heavy atom. The minimum absolute atomic E-state index is 0.590. The molecule has 1 aromatic rings. The second-order valence-electron chi connectivity index (χ2n) is 3.96. The van der Waals surface area contributed by atoms with Gasteiger partial charge in [-0.1, -0.05) is 19.3 Å². The Balaban J connectivity index is 2.24. The molecule has 0 amide bonds. The summed E-state index contributed by atoms with van der Waals surface area (Å²) >= 11 is 0. The van der Waals surface area contributed by atoms with Crippen molar-refractivity contribution in [3.05, 3.63) is 29.6 Å². The van der Waals surface area contributed by atoms with Crippen molar-refractivity contribution >= 4 is 6.29 Å². The monoisotopic (exact) mass is 189 g/mol. The molecule has 2 nitrogen and oxygen atoms in total. The van der Waals surface area contributed by atoms with Crippen LogP contribution in [0.3, 0.4) is 0 Å². The number of hydrogen-bond donors (Lipinski definition) is 0. The molecule has 0 bridgehead atoms. The van der Waals surface area contributed by atoms with Crippen LogP contribution in [0.25, 0.3) is 0 Å². The first-order chi connectivity index (χ1) is 6.92. The van der Waals surface area contributed by atoms with Crippen LogP contribution in [0.2, 0.25) is 0 Å². The lowest BCUT2D eigenvalue weighted by molar-refractivity contribution is 0.112. The zero-order valence-corrected chi connectivity index (χ0v) is 8.28. The number of carbonyl (C=O) groups excluding carboxylic acids is 1. The second kappa shape index (κ2) is 4.36. The molecule has 0 unspecified atom stereocenters. The Kier molecular flexibility index (Phi) is 2.92. The van der Waals surface area contributed by atoms with Crippen molar-refractivity contribution in [3.8, 4) is 0 Å². The van der Waals surface area contributed by atoms with E-state index in [9.17, 15) is 4.79 Å². The molecule has 0 spiro atoms. The third-order valence-electron chi connectivity index (χ3n) is 3.06. The van der Waals surface area contributed by atoms with E-state index >= 15 is 0 Å². The Bertz CT molecular complexity index is 316. The van der Waals surface area contributed by atoms with Crippen molar-refractivity contribution in [3.63, 3.8) is 0 Å². The first-order valence-electron chi connectivity index (χ1n) is 5.31. The summed E-state index contributed by atoms with van der Waals surface area (Å²) in [7, 11) is 0. The smallest absolute Gasteiger partial charge is 0.151 e. The van der Waals surface area contributed by atoms with E-state index in [-0.39, 0.29) is 0 Å². The minimum Gasteiger partial charge on any atom is -0.298 e. The molecule has 1 aromatic heterocycles. The normalized spacial score (nSPS) is 18.0. The van der Waals surface area contributed by atoms with Gasteiger partial charge in [0.05, 0.1) is 0 Å². The fourth-order valence-electron chi connectivity index (χ4n) is 2.30. The van der Waals surface area contributed by atoms with Gasteiger partial charge in [0.1, 0.15) is 0 Å². The topological polar surface area (TPSA) is 30.0 Å². The first-order valence-corrected chi connectivity index (χ1v) is 5.31. The Labute approximate surface area is 84.4 Å². The maximum absolute atomic E-state index is 10.8. The zero-order chi connectivity index (χ0) is 9.80. The molecule has 2 rings (SSSR count). The largest absolute Gasteiger partial charge is 0.298 e. The third-order valence-corrected chi connectivity index (χ3v) is 3.06. The summed E-state index contributed by atoms with van der Waals surface area (Å²) in [4.78, 5) is 14.8. The molecule has 0 aliphatic heterocycles. The molecule has 14 heavy (non-hydrogen) atoms. The number of rotatable bonds is 2. The molecular weight excluding hydrogens is 174 g/mol. The predicted octanol–water partition coefficient (Wildman–Crippen LogP) is 2.94. The van der Waals surface area contributed by atoms with E-state index in [0.717, 1.165) is 11.8 Å². The minimum atomic E-state index is 0.590. The third kappa shape index (κ3) is 1.84. The van der Waals surface area contributed by atoms with Gasteiger partial charge in [-0.25, -0.2) is 0 Å². The lowest BCUT2D eigenvalue weighted by atomic mass is 9.83. The first kappa shape index (κ1) is 9.38. The fourth-order valence-corrected chi connectivity index (χ4v) is 2.30. The number of carbonyl (C=O) groups is 1. The van der Waals surface area contributed by atoms with E-state index < -0.39 is 0 Å². The van der Waals surface area contributed by atoms with Crippen molar-refractivity contribution in [2.75, 3.05) is 0 Å². The quantitative estimate of drug-likeness (QED) is 0.669. The summed E-state index contributed by atoms with van der Waals surface area (Å²) in [5.41, 5.74) is 1.98. The van der Waals surface area contributed by atoms with E-state index in [4.69, 9.17) is 0 Å². The number of aldehydes is 1. The number of pyridine rings is 1. The molecule has 0 saturated heterocycles. The van der Waals surface area contributed by atoms with E-state index in [0.29, 0.717) is 5.92 Å². The summed E-state index contributed by atoms with van der Waals surface area (Å²) in [5.74, 6) is 0.590. The highest BCUT2D eigenvalue weighted by molar-refractivity contribution is 5.76. The van der Waals surface area contributed by atoms with Crippen LogP contribution in [0.5, 0.6) is 0 Å². The summed E-state index contributed by atoms with van der Waals surface area (Å²) in [5, 5.41) is 0. The Morgan fingerprint density at radius 1 is 1.29 bits per heavy atom. The summed E-state index contributed by atoms with van der Waals surface area (Å²) in [6.45, 7) is 0. The van der Waals surface area contributed by atoms with Gasteiger partial charge in [-0.2, -0.15) is 0 Å². The highest BCUT2D eigenvalue weighted by atomic mass is 16.1. The van der Waals surface area contributed by atoms with Gasteiger partial charge >= 0.3 is 0 Å². The van der Waals surface area contributed by atoms with Crippen molar-refractivity contribution < 1.29 is 4.79 Å². The van der Waals surface area contributed by atoms with Gasteiger partial charge in [0.15, 0.2) is 6.29 Å². The molecule has 0 radical (unpaired) electrons. The van der Waals surface area contributed by atoms with Gasteiger partial charge in [-0.15, -0.1) is 0 Å². The van der Waals surface area contributed by atoms with Gasteiger partial charge < -0.3 is 0 Å². The maximum atomic E-state index is 10.8. The molecule has 74 valence electrons. The van der Waals surface area contributed by atoms with Crippen LogP contribution in [0, 0.1) is 0 Å². The highest BCUT2D eigenvalue weighted by Gasteiger charge is 2.17. The number of nitrogens with zero attached hydrogens (tertiary/aromatic N) is 1. The van der Waals surface area contributed by atoms with Gasteiger partial charge in [0.2, 0.25) is 0 Å². The lowest BCUT2D eigenvalue weighted by Gasteiger charge is -2.22. The van der Waals surface area contributed by atoms with Crippen LogP contribution in [-0.4, -0.2) is 11.3 Å². The molecule has 1 fully saturated rings. The van der Waals surface area contributed by atoms with E-state index in [1.807, 2.05) is 6.07 Å². The molecule has 1 saturated carbocycles. The average molecular weight is 189 g/mol. The van der Waals surface area contributed by atoms with Crippen molar-refractivity contribution in [1.82, 2.24) is 4.98 Å². The molecular formula is C12H15NO. The molecule has 1 aliphatic rings. The number of hydrogen-bond acceptors (Lipinski definition) is 2. The molecule has 1 heterocycles. The van der Waals surface area contributed by atoms with Crippen LogP contribution >= 0.6 is 0 Å². The van der Waals surface area contributed by atoms with Crippen LogP contribution in [0.4, 0.5) is 0 Å². The molecule has 1 aliphatic carbocycles. The van der Waals surface area contributed by atoms with Crippen LogP contribution in [0.15, 0.2) is 18.5 Å².